The van der Waals surface area contributed by atoms with E-state index in [1.807, 2.05) is 0 Å². The van der Waals surface area contributed by atoms with Crippen LogP contribution in [0.4, 0.5) is 0 Å². The molecule has 0 aromatic rings. The quantitative estimate of drug-likeness (QED) is 0.765. The third kappa shape index (κ3) is 3.02. The Morgan fingerprint density at radius 3 is 2.67 bits per heavy atom. The highest BCUT2D eigenvalue weighted by atomic mass is 16.6. The van der Waals surface area contributed by atoms with Crippen LogP contribution in [0.1, 0.15) is 44.9 Å². The Hall–Kier alpha value is -1.10. The van der Waals surface area contributed by atoms with Gasteiger partial charge in [-0.1, -0.05) is 19.3 Å². The molecule has 2 aliphatic rings. The molecule has 1 saturated carbocycles. The highest BCUT2D eigenvalue weighted by Crippen LogP contribution is 2.29. The third-order valence-electron chi connectivity index (χ3n) is 3.82. The van der Waals surface area contributed by atoms with Crippen LogP contribution in [0.15, 0.2) is 0 Å². The fraction of sp³-hybridized carbons (Fsp3) is 0.846. The topological polar surface area (TPSA) is 72.8 Å². The lowest BCUT2D eigenvalue weighted by Gasteiger charge is -2.26. The first-order valence-corrected chi connectivity index (χ1v) is 6.64. The van der Waals surface area contributed by atoms with E-state index in [-0.39, 0.29) is 37.5 Å². The maximum atomic E-state index is 11.9. The number of rotatable bonds is 4. The Balaban J connectivity index is 1.82. The van der Waals surface area contributed by atoms with Gasteiger partial charge in [0.1, 0.15) is 6.61 Å². The minimum absolute atomic E-state index is 0.0217. The van der Waals surface area contributed by atoms with Crippen molar-refractivity contribution in [2.45, 2.75) is 50.5 Å². The van der Waals surface area contributed by atoms with Gasteiger partial charge in [-0.05, 0) is 12.8 Å². The van der Waals surface area contributed by atoms with Gasteiger partial charge in [0.2, 0.25) is 0 Å². The molecule has 2 rings (SSSR count). The van der Waals surface area contributed by atoms with E-state index in [2.05, 4.69) is 0 Å². The van der Waals surface area contributed by atoms with Crippen LogP contribution in [0.25, 0.3) is 0 Å². The lowest BCUT2D eigenvalue weighted by atomic mass is 9.89. The second-order valence-electron chi connectivity index (χ2n) is 5.26. The van der Waals surface area contributed by atoms with Crippen LogP contribution >= 0.6 is 0 Å². The zero-order valence-corrected chi connectivity index (χ0v) is 10.5. The van der Waals surface area contributed by atoms with E-state index in [9.17, 15) is 14.7 Å². The van der Waals surface area contributed by atoms with Gasteiger partial charge >= 0.3 is 11.9 Å². The summed E-state index contributed by atoms with van der Waals surface area (Å²) >= 11 is 0. The molecule has 5 heteroatoms. The molecule has 0 radical (unpaired) electrons. The normalized spacial score (nSPS) is 29.1. The van der Waals surface area contributed by atoms with E-state index < -0.39 is 5.60 Å². The first-order valence-electron chi connectivity index (χ1n) is 6.64. The minimum Gasteiger partial charge on any atom is -0.461 e. The van der Waals surface area contributed by atoms with E-state index >= 15 is 0 Å². The number of ether oxygens (including phenoxy) is 2. The van der Waals surface area contributed by atoms with Crippen molar-refractivity contribution < 1.29 is 24.2 Å². The lowest BCUT2D eigenvalue weighted by molar-refractivity contribution is -0.169. The average molecular weight is 256 g/mol. The molecule has 1 heterocycles. The number of esters is 2. The predicted molar refractivity (Wildman–Crippen MR) is 62.7 cm³/mol. The smallest absolute Gasteiger partial charge is 0.309 e. The Kier molecular flexibility index (Phi) is 4.22. The van der Waals surface area contributed by atoms with Crippen molar-refractivity contribution >= 4 is 11.9 Å². The van der Waals surface area contributed by atoms with Crippen molar-refractivity contribution in [2.24, 2.45) is 5.92 Å². The largest absolute Gasteiger partial charge is 0.461 e. The fourth-order valence-corrected chi connectivity index (χ4v) is 2.59. The molecule has 0 amide bonds. The maximum Gasteiger partial charge on any atom is 0.309 e. The summed E-state index contributed by atoms with van der Waals surface area (Å²) < 4.78 is 10.3. The highest BCUT2D eigenvalue weighted by molar-refractivity contribution is 5.73. The Labute approximate surface area is 106 Å². The standard InChI is InChI=1S/C13H20O5/c14-8-13(7-6-11(15)18-13)9-17-12(16)10-4-2-1-3-5-10/h10,14H,1-9H2. The molecule has 1 atom stereocenters. The molecule has 5 nitrogen and oxygen atoms in total. The summed E-state index contributed by atoms with van der Waals surface area (Å²) in [4.78, 5) is 22.9. The molecule has 2 fully saturated rings. The number of carbonyl (C=O) groups excluding carboxylic acids is 2. The number of cyclic esters (lactones) is 1. The van der Waals surface area contributed by atoms with Crippen LogP contribution in [0.5, 0.6) is 0 Å². The van der Waals surface area contributed by atoms with Gasteiger partial charge in [0, 0.05) is 12.8 Å². The van der Waals surface area contributed by atoms with Crippen LogP contribution in [-0.2, 0) is 19.1 Å². The van der Waals surface area contributed by atoms with E-state index in [1.165, 1.54) is 6.42 Å². The molecule has 0 aromatic heterocycles. The first kappa shape index (κ1) is 13.3. The third-order valence-corrected chi connectivity index (χ3v) is 3.82. The van der Waals surface area contributed by atoms with Crippen molar-refractivity contribution in [1.82, 2.24) is 0 Å². The Morgan fingerprint density at radius 1 is 1.39 bits per heavy atom. The molecule has 1 aliphatic carbocycles. The second kappa shape index (κ2) is 5.69. The molecular formula is C13H20O5. The van der Waals surface area contributed by atoms with Crippen molar-refractivity contribution in [3.8, 4) is 0 Å². The van der Waals surface area contributed by atoms with Gasteiger partial charge in [0.15, 0.2) is 5.60 Å². The number of carbonyl (C=O) groups is 2. The summed E-state index contributed by atoms with van der Waals surface area (Å²) in [5.41, 5.74) is -0.999. The van der Waals surface area contributed by atoms with Gasteiger partial charge in [0.05, 0.1) is 12.5 Å². The number of hydrogen-bond acceptors (Lipinski definition) is 5. The average Bonchev–Trinajstić information content (AvgIpc) is 2.79. The summed E-state index contributed by atoms with van der Waals surface area (Å²) in [5.74, 6) is -0.574. The van der Waals surface area contributed by atoms with Gasteiger partial charge in [0.25, 0.3) is 0 Å². The maximum absolute atomic E-state index is 11.9. The van der Waals surface area contributed by atoms with Crippen molar-refractivity contribution in [3.05, 3.63) is 0 Å². The van der Waals surface area contributed by atoms with Crippen molar-refractivity contribution in [1.29, 1.82) is 0 Å². The summed E-state index contributed by atoms with van der Waals surface area (Å²) in [6, 6.07) is 0. The second-order valence-corrected chi connectivity index (χ2v) is 5.26. The fourth-order valence-electron chi connectivity index (χ4n) is 2.59. The van der Waals surface area contributed by atoms with Crippen molar-refractivity contribution in [3.63, 3.8) is 0 Å². The van der Waals surface area contributed by atoms with E-state index in [1.54, 1.807) is 0 Å². The van der Waals surface area contributed by atoms with Crippen LogP contribution in [0.2, 0.25) is 0 Å². The molecule has 18 heavy (non-hydrogen) atoms. The highest BCUT2D eigenvalue weighted by Gasteiger charge is 2.41. The van der Waals surface area contributed by atoms with Crippen LogP contribution in [-0.4, -0.2) is 35.9 Å². The number of aliphatic hydroxyl groups is 1. The first-order chi connectivity index (χ1) is 8.65. The zero-order valence-electron chi connectivity index (χ0n) is 10.5. The van der Waals surface area contributed by atoms with E-state index in [0.29, 0.717) is 6.42 Å². The van der Waals surface area contributed by atoms with E-state index in [0.717, 1.165) is 25.7 Å². The molecule has 0 spiro atoms. The number of aliphatic hydroxyl groups excluding tert-OH is 1. The molecule has 0 aromatic carbocycles. The summed E-state index contributed by atoms with van der Waals surface area (Å²) in [6.45, 7) is -0.318. The minimum atomic E-state index is -0.999. The van der Waals surface area contributed by atoms with Crippen LogP contribution < -0.4 is 0 Å². The lowest BCUT2D eigenvalue weighted by Crippen LogP contribution is -2.40. The van der Waals surface area contributed by atoms with Crippen LogP contribution in [0, 0.1) is 5.92 Å². The SMILES string of the molecule is O=C1CCC(CO)(COC(=O)C2CCCCC2)O1. The molecule has 1 saturated heterocycles. The van der Waals surface area contributed by atoms with E-state index in [4.69, 9.17) is 9.47 Å². The molecular weight excluding hydrogens is 236 g/mol. The van der Waals surface area contributed by atoms with Gasteiger partial charge in [-0.15, -0.1) is 0 Å². The monoisotopic (exact) mass is 256 g/mol. The number of hydrogen-bond donors (Lipinski definition) is 1. The predicted octanol–water partition coefficient (Wildman–Crippen LogP) is 1.18. The Bertz CT molecular complexity index is 321. The van der Waals surface area contributed by atoms with Gasteiger partial charge < -0.3 is 14.6 Å². The van der Waals surface area contributed by atoms with Gasteiger partial charge in [-0.25, -0.2) is 0 Å². The summed E-state index contributed by atoms with van der Waals surface area (Å²) in [7, 11) is 0. The molecule has 1 unspecified atom stereocenters. The van der Waals surface area contributed by atoms with Gasteiger partial charge in [-0.2, -0.15) is 0 Å². The Morgan fingerprint density at radius 2 is 2.11 bits per heavy atom. The molecule has 1 N–H and O–H groups in total. The zero-order chi connectivity index (χ0) is 13.0. The van der Waals surface area contributed by atoms with Gasteiger partial charge in [-0.3, -0.25) is 9.59 Å². The molecule has 0 bridgehead atoms. The summed E-state index contributed by atoms with van der Waals surface area (Å²) in [5, 5.41) is 9.29. The molecule has 1 aliphatic heterocycles. The molecule has 102 valence electrons. The summed E-state index contributed by atoms with van der Waals surface area (Å²) in [6.07, 6.45) is 5.78. The van der Waals surface area contributed by atoms with Crippen LogP contribution in [0.3, 0.4) is 0 Å². The van der Waals surface area contributed by atoms with Crippen molar-refractivity contribution in [2.75, 3.05) is 13.2 Å².